The van der Waals surface area contributed by atoms with Gasteiger partial charge >= 0.3 is 0 Å². The van der Waals surface area contributed by atoms with E-state index >= 15 is 0 Å². The third-order valence-electron chi connectivity index (χ3n) is 25.3. The molecule has 4 aliphatic carbocycles. The average Bonchev–Trinajstić information content (AvgIpc) is 1.56. The highest BCUT2D eigenvalue weighted by molar-refractivity contribution is 5.93. The fourth-order valence-corrected chi connectivity index (χ4v) is 18.9. The first kappa shape index (κ1) is 65.5. The molecular weight excluding hydrogens is 1150 g/mol. The van der Waals surface area contributed by atoms with Crippen molar-refractivity contribution in [2.45, 2.75) is 233 Å². The normalized spacial score (nSPS) is 15.8. The molecule has 96 heavy (non-hydrogen) atoms. The lowest BCUT2D eigenvalue weighted by atomic mass is 9.72. The molecule has 0 saturated heterocycles. The molecule has 0 radical (unpaired) electrons. The van der Waals surface area contributed by atoms with Crippen molar-refractivity contribution in [3.8, 4) is 100 Å². The van der Waals surface area contributed by atoms with Gasteiger partial charge in [-0.1, -0.05) is 260 Å². The van der Waals surface area contributed by atoms with E-state index in [2.05, 4.69) is 320 Å². The second-order valence-electron chi connectivity index (χ2n) is 33.8. The molecule has 0 nitrogen and oxygen atoms in total. The zero-order valence-corrected chi connectivity index (χ0v) is 62.0. The van der Waals surface area contributed by atoms with Crippen molar-refractivity contribution < 1.29 is 0 Å². The number of rotatable bonds is 13. The van der Waals surface area contributed by atoms with Crippen LogP contribution in [0.15, 0.2) is 182 Å². The molecule has 14 rings (SSSR count). The smallest absolute Gasteiger partial charge is 0.0210 e. The SMILES string of the molecule is CCC1(CC)c2cc(-c3cc(-c4cc(-c5ccc6c(c5)C(CC)(CC)c5cc(C(C)(C)C)ccc5-6)cc(-c5ccc6c(c5)C(CC)(CC)c5cc(C(C)(C)C)ccc5-6)c4)cc(-c4ccc5c(c4)C(CC)(CC)c4cc(C(C)(C)C)ccc4-5)c3)ccc2-c2ccc(C(C)(C)C)cc21. The molecule has 0 N–H and O–H groups in total. The monoisotopic (exact) mass is 1260 g/mol. The molecule has 10 aromatic rings. The topological polar surface area (TPSA) is 0 Å². The minimum Gasteiger partial charge on any atom is -0.0642 e. The Hall–Kier alpha value is -7.80. The maximum absolute atomic E-state index is 2.61. The number of benzene rings is 10. The molecule has 0 saturated carbocycles. The van der Waals surface area contributed by atoms with Crippen LogP contribution >= 0.6 is 0 Å². The summed E-state index contributed by atoms with van der Waals surface area (Å²) in [5, 5.41) is 0. The van der Waals surface area contributed by atoms with Crippen LogP contribution < -0.4 is 0 Å². The first-order valence-corrected chi connectivity index (χ1v) is 37.1. The second-order valence-corrected chi connectivity index (χ2v) is 33.8. The molecule has 0 bridgehead atoms. The van der Waals surface area contributed by atoms with Crippen LogP contribution in [-0.2, 0) is 43.3 Å². The molecule has 0 aliphatic heterocycles. The van der Waals surface area contributed by atoms with Crippen molar-refractivity contribution >= 4 is 0 Å². The van der Waals surface area contributed by atoms with Gasteiger partial charge in [0.2, 0.25) is 0 Å². The van der Waals surface area contributed by atoms with Gasteiger partial charge in [0.05, 0.1) is 0 Å². The lowest BCUT2D eigenvalue weighted by Gasteiger charge is -2.31. The number of hydrogen-bond donors (Lipinski definition) is 0. The largest absolute Gasteiger partial charge is 0.0642 e. The average molecular weight is 1260 g/mol. The Labute approximate surface area is 578 Å². The molecular formula is C96H106. The number of fused-ring (bicyclic) bond motifs is 12. The zero-order valence-electron chi connectivity index (χ0n) is 62.0. The first-order chi connectivity index (χ1) is 45.6. The van der Waals surface area contributed by atoms with Crippen LogP contribution in [0.25, 0.3) is 100 Å². The van der Waals surface area contributed by atoms with E-state index in [0.717, 1.165) is 51.4 Å². The van der Waals surface area contributed by atoms with Gasteiger partial charge in [-0.3, -0.25) is 0 Å². The minimum atomic E-state index is -0.0877. The summed E-state index contributed by atoms with van der Waals surface area (Å²) in [5.41, 5.74) is 41.1. The molecule has 0 unspecified atom stereocenters. The van der Waals surface area contributed by atoms with Crippen molar-refractivity contribution in [1.82, 2.24) is 0 Å². The predicted octanol–water partition coefficient (Wildman–Crippen LogP) is 27.6. The zero-order chi connectivity index (χ0) is 68.2. The summed E-state index contributed by atoms with van der Waals surface area (Å²) in [4.78, 5) is 0. The van der Waals surface area contributed by atoms with E-state index in [1.54, 1.807) is 0 Å². The number of hydrogen-bond acceptors (Lipinski definition) is 0. The maximum atomic E-state index is 2.61. The van der Waals surface area contributed by atoms with E-state index in [1.165, 1.54) is 167 Å². The van der Waals surface area contributed by atoms with Gasteiger partial charge < -0.3 is 0 Å². The van der Waals surface area contributed by atoms with Crippen molar-refractivity contribution in [2.75, 3.05) is 0 Å². The molecule has 10 aromatic carbocycles. The molecule has 0 aromatic heterocycles. The molecule has 0 spiro atoms. The Morgan fingerprint density at radius 2 is 0.323 bits per heavy atom. The van der Waals surface area contributed by atoms with Gasteiger partial charge in [-0.2, -0.15) is 0 Å². The standard InChI is InChI=1S/C96H106/c1-21-93(22-2)81-51-59(29-37-73(81)77-41-33-69(55-85(77)93)89(9,10)11)63-45-64(60-30-38-74-78-42-34-70(90(12,13)14)56-86(78)94(23-3,24-4)82(74)52-60)48-67(47-63)68-49-65(61-31-39-75-79-43-35-71(91(15,16)17)57-87(79)95(25-5,26-6)83(75)53-61)46-66(50-68)62-32-40-76-80-44-36-72(92(18,19)20)58-88(80)96(27-7,28-8)84(76)54-62/h29-58H,21-28H2,1-20H3. The van der Waals surface area contributed by atoms with Gasteiger partial charge in [0.1, 0.15) is 0 Å². The van der Waals surface area contributed by atoms with Gasteiger partial charge in [0.25, 0.3) is 0 Å². The first-order valence-electron chi connectivity index (χ1n) is 37.1. The quantitative estimate of drug-likeness (QED) is 0.108. The highest BCUT2D eigenvalue weighted by atomic mass is 14.5. The van der Waals surface area contributed by atoms with E-state index in [4.69, 9.17) is 0 Å². The van der Waals surface area contributed by atoms with E-state index in [9.17, 15) is 0 Å². The van der Waals surface area contributed by atoms with E-state index in [-0.39, 0.29) is 43.3 Å². The van der Waals surface area contributed by atoms with Gasteiger partial charge in [-0.05, 0) is 301 Å². The van der Waals surface area contributed by atoms with Crippen molar-refractivity contribution in [1.29, 1.82) is 0 Å². The molecule has 0 fully saturated rings. The Morgan fingerprint density at radius 3 is 0.479 bits per heavy atom. The summed E-state index contributed by atoms with van der Waals surface area (Å²) < 4.78 is 0. The highest BCUT2D eigenvalue weighted by Gasteiger charge is 2.46. The lowest BCUT2D eigenvalue weighted by Crippen LogP contribution is -2.24. The molecule has 4 aliphatic rings. The van der Waals surface area contributed by atoms with E-state index in [1.807, 2.05) is 0 Å². The van der Waals surface area contributed by atoms with Crippen LogP contribution in [-0.4, -0.2) is 0 Å². The summed E-state index contributed by atoms with van der Waals surface area (Å²) in [6.07, 6.45) is 8.35. The van der Waals surface area contributed by atoms with E-state index in [0.29, 0.717) is 0 Å². The summed E-state index contributed by atoms with van der Waals surface area (Å²) in [6, 6.07) is 74.9. The Bertz CT molecular complexity index is 4170. The summed E-state index contributed by atoms with van der Waals surface area (Å²) in [7, 11) is 0. The van der Waals surface area contributed by atoms with Gasteiger partial charge in [0.15, 0.2) is 0 Å². The Balaban J connectivity index is 1.01. The maximum Gasteiger partial charge on any atom is 0.0210 e. The molecule has 490 valence electrons. The fraction of sp³-hybridized carbons (Fsp3) is 0.375. The van der Waals surface area contributed by atoms with Gasteiger partial charge in [-0.25, -0.2) is 0 Å². The Kier molecular flexibility index (Phi) is 15.6. The molecule has 0 heteroatoms. The third-order valence-corrected chi connectivity index (χ3v) is 25.3. The van der Waals surface area contributed by atoms with Crippen LogP contribution in [0.5, 0.6) is 0 Å². The summed E-state index contributed by atoms with van der Waals surface area (Å²) in [6.45, 7) is 47.7. The summed E-state index contributed by atoms with van der Waals surface area (Å²) in [5.74, 6) is 0. The molecule has 0 amide bonds. The third kappa shape index (κ3) is 9.84. The van der Waals surface area contributed by atoms with Crippen LogP contribution in [0.4, 0.5) is 0 Å². The second kappa shape index (κ2) is 22.9. The van der Waals surface area contributed by atoms with Gasteiger partial charge in [-0.15, -0.1) is 0 Å². The van der Waals surface area contributed by atoms with Crippen LogP contribution in [0.1, 0.15) is 257 Å². The van der Waals surface area contributed by atoms with E-state index < -0.39 is 0 Å². The molecule has 0 heterocycles. The van der Waals surface area contributed by atoms with Crippen LogP contribution in [0.2, 0.25) is 0 Å². The molecule has 0 atom stereocenters. The summed E-state index contributed by atoms with van der Waals surface area (Å²) >= 11 is 0. The van der Waals surface area contributed by atoms with Gasteiger partial charge in [0, 0.05) is 21.7 Å². The minimum absolute atomic E-state index is 0.0524. The Morgan fingerprint density at radius 1 is 0.177 bits per heavy atom. The van der Waals surface area contributed by atoms with Crippen molar-refractivity contribution in [3.05, 3.63) is 249 Å². The lowest BCUT2D eigenvalue weighted by molar-refractivity contribution is 0.488. The van der Waals surface area contributed by atoms with Crippen LogP contribution in [0.3, 0.4) is 0 Å². The fourth-order valence-electron chi connectivity index (χ4n) is 18.9. The van der Waals surface area contributed by atoms with Crippen molar-refractivity contribution in [3.63, 3.8) is 0 Å². The van der Waals surface area contributed by atoms with Crippen LogP contribution in [0, 0.1) is 0 Å². The van der Waals surface area contributed by atoms with Crippen molar-refractivity contribution in [2.24, 2.45) is 0 Å². The highest BCUT2D eigenvalue weighted by Crippen LogP contribution is 2.60. The predicted molar refractivity (Wildman–Crippen MR) is 416 cm³/mol.